The van der Waals surface area contributed by atoms with Gasteiger partial charge in [0.1, 0.15) is 16.4 Å². The lowest BCUT2D eigenvalue weighted by Gasteiger charge is -2.40. The third-order valence-corrected chi connectivity index (χ3v) is 3.68. The minimum absolute atomic E-state index is 0.121. The third-order valence-electron chi connectivity index (χ3n) is 3.47. The largest absolute Gasteiger partial charge is 0.444 e. The van der Waals surface area contributed by atoms with Crippen LogP contribution in [0.25, 0.3) is 0 Å². The average Bonchev–Trinajstić information content (AvgIpc) is 2.44. The maximum atomic E-state index is 12.5. The first kappa shape index (κ1) is 17.5. The van der Waals surface area contributed by atoms with Gasteiger partial charge in [-0.05, 0) is 39.8 Å². The van der Waals surface area contributed by atoms with E-state index in [1.807, 2.05) is 27.7 Å². The molecule has 0 saturated carbocycles. The number of carbonyl (C=O) groups is 2. The summed E-state index contributed by atoms with van der Waals surface area (Å²) in [6.45, 7) is 8.70. The summed E-state index contributed by atoms with van der Waals surface area (Å²) in [6.07, 6.45) is -0.350. The average molecular weight is 340 g/mol. The fourth-order valence-electron chi connectivity index (χ4n) is 2.43. The molecule has 0 N–H and O–H groups in total. The normalized spacial score (nSPS) is 18.7. The van der Waals surface area contributed by atoms with E-state index in [0.29, 0.717) is 25.3 Å². The van der Waals surface area contributed by atoms with Crippen molar-refractivity contribution in [1.82, 2.24) is 14.8 Å². The molecule has 0 bridgehead atoms. The number of rotatable bonds is 1. The van der Waals surface area contributed by atoms with Gasteiger partial charge < -0.3 is 14.5 Å². The van der Waals surface area contributed by atoms with E-state index in [9.17, 15) is 9.59 Å². The van der Waals surface area contributed by atoms with Gasteiger partial charge in [0.2, 0.25) is 0 Å². The van der Waals surface area contributed by atoms with E-state index in [1.165, 1.54) is 0 Å². The summed E-state index contributed by atoms with van der Waals surface area (Å²) >= 11 is 5.84. The molecule has 1 saturated heterocycles. The molecule has 2 amide bonds. The van der Waals surface area contributed by atoms with Crippen LogP contribution in [0.2, 0.25) is 5.15 Å². The topological polar surface area (TPSA) is 62.7 Å². The Morgan fingerprint density at radius 3 is 2.57 bits per heavy atom. The summed E-state index contributed by atoms with van der Waals surface area (Å²) in [6, 6.07) is 4.85. The Morgan fingerprint density at radius 2 is 2.00 bits per heavy atom. The van der Waals surface area contributed by atoms with Crippen LogP contribution in [0.3, 0.4) is 0 Å². The molecule has 1 aliphatic heterocycles. The first-order chi connectivity index (χ1) is 10.7. The second kappa shape index (κ2) is 6.74. The molecule has 2 heterocycles. The summed E-state index contributed by atoms with van der Waals surface area (Å²) in [5.41, 5.74) is -0.215. The Balaban J connectivity index is 2.01. The number of amides is 2. The third kappa shape index (κ3) is 4.58. The van der Waals surface area contributed by atoms with Crippen LogP contribution in [0.15, 0.2) is 18.2 Å². The maximum Gasteiger partial charge on any atom is 0.410 e. The van der Waals surface area contributed by atoms with E-state index in [1.54, 1.807) is 28.0 Å². The fourth-order valence-corrected chi connectivity index (χ4v) is 2.59. The number of carbonyl (C=O) groups excluding carboxylic acids is 2. The van der Waals surface area contributed by atoms with Crippen LogP contribution < -0.4 is 0 Å². The van der Waals surface area contributed by atoms with Gasteiger partial charge in [-0.25, -0.2) is 9.78 Å². The molecular weight excluding hydrogens is 318 g/mol. The number of halogens is 1. The van der Waals surface area contributed by atoms with Gasteiger partial charge in [0, 0.05) is 25.7 Å². The number of nitrogens with zero attached hydrogens (tertiary/aromatic N) is 3. The van der Waals surface area contributed by atoms with E-state index in [0.717, 1.165) is 0 Å². The van der Waals surface area contributed by atoms with Crippen molar-refractivity contribution in [1.29, 1.82) is 0 Å². The van der Waals surface area contributed by atoms with Crippen LogP contribution in [0.5, 0.6) is 0 Å². The molecule has 7 heteroatoms. The number of ether oxygens (including phenoxy) is 1. The van der Waals surface area contributed by atoms with Crippen molar-refractivity contribution in [3.05, 3.63) is 29.0 Å². The molecule has 0 radical (unpaired) electrons. The quantitative estimate of drug-likeness (QED) is 0.738. The van der Waals surface area contributed by atoms with Crippen molar-refractivity contribution >= 4 is 23.6 Å². The van der Waals surface area contributed by atoms with Crippen LogP contribution in [0.4, 0.5) is 4.79 Å². The van der Waals surface area contributed by atoms with Crippen molar-refractivity contribution in [3.63, 3.8) is 0 Å². The molecule has 0 aliphatic carbocycles. The van der Waals surface area contributed by atoms with E-state index in [4.69, 9.17) is 16.3 Å². The smallest absolute Gasteiger partial charge is 0.410 e. The highest BCUT2D eigenvalue weighted by molar-refractivity contribution is 6.29. The molecule has 0 spiro atoms. The Morgan fingerprint density at radius 1 is 1.30 bits per heavy atom. The molecule has 23 heavy (non-hydrogen) atoms. The predicted molar refractivity (Wildman–Crippen MR) is 87.6 cm³/mol. The lowest BCUT2D eigenvalue weighted by Crippen LogP contribution is -2.56. The lowest BCUT2D eigenvalue weighted by molar-refractivity contribution is 0.00606. The van der Waals surface area contributed by atoms with E-state index in [2.05, 4.69) is 4.98 Å². The number of pyridine rings is 1. The van der Waals surface area contributed by atoms with E-state index in [-0.39, 0.29) is 23.2 Å². The fraction of sp³-hybridized carbons (Fsp3) is 0.562. The first-order valence-corrected chi connectivity index (χ1v) is 7.96. The Labute approximate surface area is 141 Å². The molecule has 126 valence electrons. The van der Waals surface area contributed by atoms with Crippen LogP contribution in [-0.2, 0) is 4.74 Å². The van der Waals surface area contributed by atoms with Crippen LogP contribution in [0.1, 0.15) is 38.2 Å². The SMILES string of the molecule is C[C@@H]1CN(C(=O)OC(C)(C)C)CCN1C(=O)c1cccc(Cl)n1. The molecule has 2 rings (SSSR count). The van der Waals surface area contributed by atoms with Crippen molar-refractivity contribution in [3.8, 4) is 0 Å². The summed E-state index contributed by atoms with van der Waals surface area (Å²) in [4.78, 5) is 32.1. The number of hydrogen-bond donors (Lipinski definition) is 0. The molecule has 1 aromatic rings. The van der Waals surface area contributed by atoms with Crippen LogP contribution in [0, 0.1) is 0 Å². The van der Waals surface area contributed by atoms with Crippen molar-refractivity contribution in [2.24, 2.45) is 0 Å². The van der Waals surface area contributed by atoms with E-state index < -0.39 is 5.60 Å². The second-order valence-electron chi connectivity index (χ2n) is 6.62. The highest BCUT2D eigenvalue weighted by atomic mass is 35.5. The molecule has 1 atom stereocenters. The standard InChI is InChI=1S/C16H22ClN3O3/c1-11-10-19(15(22)23-16(2,3)4)8-9-20(11)14(21)12-6-5-7-13(17)18-12/h5-7,11H,8-10H2,1-4H3/t11-/m1/s1. The molecule has 1 aliphatic rings. The van der Waals surface area contributed by atoms with Gasteiger partial charge >= 0.3 is 6.09 Å². The summed E-state index contributed by atoms with van der Waals surface area (Å²) < 4.78 is 5.38. The first-order valence-electron chi connectivity index (χ1n) is 7.59. The van der Waals surface area contributed by atoms with Crippen molar-refractivity contribution in [2.75, 3.05) is 19.6 Å². The minimum atomic E-state index is -0.530. The van der Waals surface area contributed by atoms with Gasteiger partial charge in [0.05, 0.1) is 0 Å². The van der Waals surface area contributed by atoms with Crippen LogP contribution in [-0.4, -0.2) is 58.1 Å². The molecule has 0 unspecified atom stereocenters. The number of aromatic nitrogens is 1. The van der Waals surface area contributed by atoms with Crippen LogP contribution >= 0.6 is 11.6 Å². The van der Waals surface area contributed by atoms with Crippen molar-refractivity contribution in [2.45, 2.75) is 39.3 Å². The van der Waals surface area contributed by atoms with Crippen molar-refractivity contribution < 1.29 is 14.3 Å². The highest BCUT2D eigenvalue weighted by Crippen LogP contribution is 2.17. The second-order valence-corrected chi connectivity index (χ2v) is 7.01. The zero-order chi connectivity index (χ0) is 17.2. The molecule has 1 fully saturated rings. The molecule has 1 aromatic heterocycles. The zero-order valence-corrected chi connectivity index (χ0v) is 14.6. The monoisotopic (exact) mass is 339 g/mol. The lowest BCUT2D eigenvalue weighted by atomic mass is 10.1. The zero-order valence-electron chi connectivity index (χ0n) is 13.9. The van der Waals surface area contributed by atoms with Gasteiger partial charge in [-0.1, -0.05) is 17.7 Å². The predicted octanol–water partition coefficient (Wildman–Crippen LogP) is 2.82. The Hall–Kier alpha value is -1.82. The van der Waals surface area contributed by atoms with Gasteiger partial charge in [-0.15, -0.1) is 0 Å². The maximum absolute atomic E-state index is 12.5. The number of piperazine rings is 1. The molecular formula is C16H22ClN3O3. The number of hydrogen-bond acceptors (Lipinski definition) is 4. The van der Waals surface area contributed by atoms with Gasteiger partial charge in [0.25, 0.3) is 5.91 Å². The van der Waals surface area contributed by atoms with E-state index >= 15 is 0 Å². The minimum Gasteiger partial charge on any atom is -0.444 e. The van der Waals surface area contributed by atoms with Gasteiger partial charge in [-0.3, -0.25) is 4.79 Å². The summed E-state index contributed by atoms with van der Waals surface area (Å²) in [5.74, 6) is -0.177. The van der Waals surface area contributed by atoms with Gasteiger partial charge in [-0.2, -0.15) is 0 Å². The molecule has 6 nitrogen and oxygen atoms in total. The summed E-state index contributed by atoms with van der Waals surface area (Å²) in [5, 5.41) is 0.288. The highest BCUT2D eigenvalue weighted by Gasteiger charge is 2.32. The molecule has 0 aromatic carbocycles. The summed E-state index contributed by atoms with van der Waals surface area (Å²) in [7, 11) is 0. The Bertz CT molecular complexity index is 600. The van der Waals surface area contributed by atoms with Gasteiger partial charge in [0.15, 0.2) is 0 Å². The Kier molecular flexibility index (Phi) is 5.14.